The normalized spacial score (nSPS) is 18.2. The van der Waals surface area contributed by atoms with Crippen LogP contribution in [0.4, 0.5) is 10.5 Å². The van der Waals surface area contributed by atoms with Gasteiger partial charge in [0.05, 0.1) is 0 Å². The SMILES string of the molecule is CC(=O)c1cccc(NC(=O)CN2C(=O)N[C@@](C)(c3cccc4ccccc34)C2=O)c1. The van der Waals surface area contributed by atoms with Gasteiger partial charge in [0.2, 0.25) is 5.91 Å². The smallest absolute Gasteiger partial charge is 0.325 e. The quantitative estimate of drug-likeness (QED) is 0.493. The van der Waals surface area contributed by atoms with Gasteiger partial charge in [0.15, 0.2) is 5.78 Å². The van der Waals surface area contributed by atoms with E-state index >= 15 is 0 Å². The van der Waals surface area contributed by atoms with Crippen molar-refractivity contribution in [1.29, 1.82) is 0 Å². The lowest BCUT2D eigenvalue weighted by molar-refractivity contribution is -0.133. The van der Waals surface area contributed by atoms with E-state index in [0.717, 1.165) is 15.7 Å². The topological polar surface area (TPSA) is 95.6 Å². The summed E-state index contributed by atoms with van der Waals surface area (Å²) in [6.07, 6.45) is 0. The number of fused-ring (bicyclic) bond motifs is 1. The Hall–Kier alpha value is -4.00. The van der Waals surface area contributed by atoms with Crippen molar-refractivity contribution in [3.05, 3.63) is 77.9 Å². The van der Waals surface area contributed by atoms with E-state index in [2.05, 4.69) is 10.6 Å². The van der Waals surface area contributed by atoms with E-state index in [1.54, 1.807) is 37.3 Å². The third kappa shape index (κ3) is 3.66. The Kier molecular flexibility index (Phi) is 5.02. The summed E-state index contributed by atoms with van der Waals surface area (Å²) in [5, 5.41) is 7.19. The summed E-state index contributed by atoms with van der Waals surface area (Å²) in [4.78, 5) is 50.8. The highest BCUT2D eigenvalue weighted by Gasteiger charge is 2.50. The van der Waals surface area contributed by atoms with Gasteiger partial charge in [-0.05, 0) is 42.3 Å². The molecule has 0 aromatic heterocycles. The van der Waals surface area contributed by atoms with E-state index in [0.29, 0.717) is 16.8 Å². The molecule has 156 valence electrons. The van der Waals surface area contributed by atoms with Crippen LogP contribution in [0.15, 0.2) is 66.7 Å². The summed E-state index contributed by atoms with van der Waals surface area (Å²) in [5.41, 5.74) is 0.256. The van der Waals surface area contributed by atoms with Crippen LogP contribution in [-0.2, 0) is 15.1 Å². The van der Waals surface area contributed by atoms with Crippen LogP contribution in [0.2, 0.25) is 0 Å². The fourth-order valence-electron chi connectivity index (χ4n) is 3.84. The monoisotopic (exact) mass is 415 g/mol. The highest BCUT2D eigenvalue weighted by molar-refractivity contribution is 6.11. The number of carbonyl (C=O) groups is 4. The molecule has 0 aliphatic carbocycles. The molecule has 1 atom stereocenters. The summed E-state index contributed by atoms with van der Waals surface area (Å²) in [5.74, 6) is -1.16. The van der Waals surface area contributed by atoms with Gasteiger partial charge in [0.25, 0.3) is 5.91 Å². The lowest BCUT2D eigenvalue weighted by Crippen LogP contribution is -2.42. The Morgan fingerprint density at radius 3 is 2.48 bits per heavy atom. The second kappa shape index (κ2) is 7.68. The first-order valence-corrected chi connectivity index (χ1v) is 9.83. The van der Waals surface area contributed by atoms with Gasteiger partial charge < -0.3 is 10.6 Å². The van der Waals surface area contributed by atoms with Crippen molar-refractivity contribution in [2.24, 2.45) is 0 Å². The minimum absolute atomic E-state index is 0.129. The van der Waals surface area contributed by atoms with Crippen molar-refractivity contribution in [1.82, 2.24) is 10.2 Å². The highest BCUT2D eigenvalue weighted by Crippen LogP contribution is 2.33. The first kappa shape index (κ1) is 20.3. The number of nitrogens with one attached hydrogen (secondary N) is 2. The third-order valence-electron chi connectivity index (χ3n) is 5.46. The Balaban J connectivity index is 1.56. The maximum Gasteiger partial charge on any atom is 0.325 e. The Labute approximate surface area is 179 Å². The molecule has 0 saturated carbocycles. The van der Waals surface area contributed by atoms with E-state index in [9.17, 15) is 19.2 Å². The molecule has 0 bridgehead atoms. The first-order valence-electron chi connectivity index (χ1n) is 9.83. The van der Waals surface area contributed by atoms with E-state index in [-0.39, 0.29) is 5.78 Å². The van der Waals surface area contributed by atoms with E-state index in [4.69, 9.17) is 0 Å². The largest absolute Gasteiger partial charge is 0.325 e. The van der Waals surface area contributed by atoms with Crippen molar-refractivity contribution in [3.63, 3.8) is 0 Å². The highest BCUT2D eigenvalue weighted by atomic mass is 16.2. The number of rotatable bonds is 5. The maximum absolute atomic E-state index is 13.2. The number of Topliss-reactive ketones (excluding diaryl/α,β-unsaturated/α-hetero) is 1. The maximum atomic E-state index is 13.2. The minimum Gasteiger partial charge on any atom is -0.325 e. The first-order chi connectivity index (χ1) is 14.8. The molecule has 7 nitrogen and oxygen atoms in total. The van der Waals surface area contributed by atoms with Crippen molar-refractivity contribution < 1.29 is 19.2 Å². The lowest BCUT2D eigenvalue weighted by Gasteiger charge is -2.24. The molecule has 4 rings (SSSR count). The summed E-state index contributed by atoms with van der Waals surface area (Å²) in [6, 6.07) is 19.0. The Morgan fingerprint density at radius 1 is 1.00 bits per heavy atom. The standard InChI is InChI=1S/C24H21N3O4/c1-15(28)17-9-5-10-18(13-17)25-21(29)14-27-22(30)24(2,26-23(27)31)20-12-6-8-16-7-3-4-11-19(16)20/h3-13H,14H2,1-2H3,(H,25,29)(H,26,31)/t24-/m0/s1. The fraction of sp³-hybridized carbons (Fsp3) is 0.167. The Bertz CT molecular complexity index is 1230. The van der Waals surface area contributed by atoms with Gasteiger partial charge in [0, 0.05) is 11.3 Å². The van der Waals surface area contributed by atoms with Crippen molar-refractivity contribution in [2.75, 3.05) is 11.9 Å². The second-order valence-corrected chi connectivity index (χ2v) is 7.66. The minimum atomic E-state index is -1.28. The van der Waals surface area contributed by atoms with Gasteiger partial charge in [-0.3, -0.25) is 19.3 Å². The molecule has 0 radical (unpaired) electrons. The van der Waals surface area contributed by atoms with Gasteiger partial charge in [0.1, 0.15) is 12.1 Å². The summed E-state index contributed by atoms with van der Waals surface area (Å²) >= 11 is 0. The number of imide groups is 1. The number of hydrogen-bond acceptors (Lipinski definition) is 4. The zero-order chi connectivity index (χ0) is 22.2. The van der Waals surface area contributed by atoms with Crippen LogP contribution in [0.3, 0.4) is 0 Å². The zero-order valence-electron chi connectivity index (χ0n) is 17.1. The molecule has 4 amide bonds. The van der Waals surface area contributed by atoms with Crippen LogP contribution >= 0.6 is 0 Å². The molecule has 0 unspecified atom stereocenters. The number of carbonyl (C=O) groups excluding carboxylic acids is 4. The van der Waals surface area contributed by atoms with Gasteiger partial charge >= 0.3 is 6.03 Å². The number of benzene rings is 3. The molecular weight excluding hydrogens is 394 g/mol. The number of urea groups is 1. The molecule has 1 heterocycles. The molecular formula is C24H21N3O4. The van der Waals surface area contributed by atoms with Gasteiger partial charge in [-0.15, -0.1) is 0 Å². The van der Waals surface area contributed by atoms with E-state index in [1.165, 1.54) is 6.92 Å². The van der Waals surface area contributed by atoms with Crippen LogP contribution in [0, 0.1) is 0 Å². The van der Waals surface area contributed by atoms with Crippen LogP contribution in [0.1, 0.15) is 29.8 Å². The molecule has 1 saturated heterocycles. The predicted molar refractivity (Wildman–Crippen MR) is 117 cm³/mol. The summed E-state index contributed by atoms with van der Waals surface area (Å²) in [7, 11) is 0. The molecule has 2 N–H and O–H groups in total. The van der Waals surface area contributed by atoms with Crippen LogP contribution in [0.25, 0.3) is 10.8 Å². The zero-order valence-corrected chi connectivity index (χ0v) is 17.1. The van der Waals surface area contributed by atoms with Crippen LogP contribution in [-0.4, -0.2) is 35.1 Å². The molecule has 1 aliphatic heterocycles. The number of hydrogen-bond donors (Lipinski definition) is 2. The number of ketones is 1. The predicted octanol–water partition coefficient (Wildman–Crippen LogP) is 3.45. The lowest BCUT2D eigenvalue weighted by atomic mass is 9.88. The molecule has 7 heteroatoms. The number of amides is 4. The number of anilines is 1. The fourth-order valence-corrected chi connectivity index (χ4v) is 3.84. The van der Waals surface area contributed by atoms with E-state index in [1.807, 2.05) is 36.4 Å². The van der Waals surface area contributed by atoms with Crippen LogP contribution in [0.5, 0.6) is 0 Å². The second-order valence-electron chi connectivity index (χ2n) is 7.66. The Morgan fingerprint density at radius 2 is 1.71 bits per heavy atom. The average molecular weight is 415 g/mol. The molecule has 31 heavy (non-hydrogen) atoms. The van der Waals surface area contributed by atoms with Gasteiger partial charge in [-0.1, -0.05) is 54.6 Å². The van der Waals surface area contributed by atoms with Crippen molar-refractivity contribution >= 4 is 40.1 Å². The van der Waals surface area contributed by atoms with Crippen LogP contribution < -0.4 is 10.6 Å². The molecule has 1 aliphatic rings. The van der Waals surface area contributed by atoms with Crippen molar-refractivity contribution in [3.8, 4) is 0 Å². The van der Waals surface area contributed by atoms with Gasteiger partial charge in [-0.25, -0.2) is 4.79 Å². The summed E-state index contributed by atoms with van der Waals surface area (Å²) in [6.45, 7) is 2.64. The molecule has 0 spiro atoms. The molecule has 1 fully saturated rings. The molecule has 3 aromatic carbocycles. The van der Waals surface area contributed by atoms with Crippen molar-refractivity contribution in [2.45, 2.75) is 19.4 Å². The number of nitrogens with zero attached hydrogens (tertiary/aromatic N) is 1. The summed E-state index contributed by atoms with van der Waals surface area (Å²) < 4.78 is 0. The van der Waals surface area contributed by atoms with E-state index < -0.39 is 29.9 Å². The molecule has 3 aromatic rings. The average Bonchev–Trinajstić information content (AvgIpc) is 2.97. The van der Waals surface area contributed by atoms with Gasteiger partial charge in [-0.2, -0.15) is 0 Å². The third-order valence-corrected chi connectivity index (χ3v) is 5.46.